The number of aromatic nitrogens is 2. The van der Waals surface area contributed by atoms with Crippen LogP contribution in [0, 0.1) is 0 Å². The Hall–Kier alpha value is -2.22. The molecule has 1 fully saturated rings. The maximum absolute atomic E-state index is 10.9. The van der Waals surface area contributed by atoms with Crippen molar-refractivity contribution in [3.8, 4) is 0 Å². The molecule has 2 N–H and O–H groups in total. The van der Waals surface area contributed by atoms with E-state index in [0.29, 0.717) is 11.9 Å². The molecule has 1 aromatic heterocycles. The van der Waals surface area contributed by atoms with Gasteiger partial charge in [0.05, 0.1) is 12.4 Å². The molecular formula is C15H24N4O4. The Balaban J connectivity index is 0.000000816. The molecule has 1 atom stereocenters. The van der Waals surface area contributed by atoms with Gasteiger partial charge in [0.25, 0.3) is 6.47 Å². The van der Waals surface area contributed by atoms with Crippen LogP contribution in [0.2, 0.25) is 0 Å². The zero-order valence-electron chi connectivity index (χ0n) is 13.6. The number of anilines is 1. The van der Waals surface area contributed by atoms with Crippen LogP contribution in [0.4, 0.5) is 5.82 Å². The van der Waals surface area contributed by atoms with Crippen LogP contribution < -0.4 is 4.90 Å². The molecule has 0 aliphatic carbocycles. The van der Waals surface area contributed by atoms with E-state index in [4.69, 9.17) is 15.0 Å². The van der Waals surface area contributed by atoms with E-state index in [0.717, 1.165) is 13.0 Å². The second kappa shape index (κ2) is 9.73. The summed E-state index contributed by atoms with van der Waals surface area (Å²) in [7, 11) is 1.92. The Morgan fingerprint density at radius 3 is 2.61 bits per heavy atom. The molecular weight excluding hydrogens is 300 g/mol. The third-order valence-electron chi connectivity index (χ3n) is 3.88. The second-order valence-corrected chi connectivity index (χ2v) is 5.48. The molecule has 2 heterocycles. The van der Waals surface area contributed by atoms with Crippen molar-refractivity contribution in [2.75, 3.05) is 31.6 Å². The lowest BCUT2D eigenvalue weighted by molar-refractivity contribution is -0.122. The van der Waals surface area contributed by atoms with E-state index in [1.807, 2.05) is 11.9 Å². The van der Waals surface area contributed by atoms with Gasteiger partial charge in [-0.15, -0.1) is 0 Å². The minimum absolute atomic E-state index is 0.0121. The summed E-state index contributed by atoms with van der Waals surface area (Å²) in [5.74, 6) is -0.434. The van der Waals surface area contributed by atoms with Crippen molar-refractivity contribution >= 4 is 18.3 Å². The van der Waals surface area contributed by atoms with Crippen molar-refractivity contribution in [2.24, 2.45) is 0 Å². The molecule has 1 unspecified atom stereocenters. The third kappa shape index (κ3) is 6.19. The van der Waals surface area contributed by atoms with Crippen LogP contribution in [0.15, 0.2) is 12.4 Å². The largest absolute Gasteiger partial charge is 0.483 e. The fourth-order valence-electron chi connectivity index (χ4n) is 2.50. The van der Waals surface area contributed by atoms with Gasteiger partial charge in [-0.2, -0.15) is 0 Å². The molecule has 1 aliphatic rings. The van der Waals surface area contributed by atoms with Crippen LogP contribution in [0.25, 0.3) is 0 Å². The molecule has 0 saturated carbocycles. The van der Waals surface area contributed by atoms with Crippen LogP contribution in [-0.2, 0) is 4.79 Å². The van der Waals surface area contributed by atoms with Crippen molar-refractivity contribution < 1.29 is 19.8 Å². The topological polar surface area (TPSA) is 107 Å². The Labute approximate surface area is 135 Å². The molecule has 0 radical (unpaired) electrons. The van der Waals surface area contributed by atoms with Gasteiger partial charge in [-0.05, 0) is 39.3 Å². The van der Waals surface area contributed by atoms with Gasteiger partial charge >= 0.3 is 5.97 Å². The fourth-order valence-corrected chi connectivity index (χ4v) is 2.50. The highest BCUT2D eigenvalue weighted by Gasteiger charge is 2.18. The van der Waals surface area contributed by atoms with Crippen molar-refractivity contribution in [2.45, 2.75) is 32.2 Å². The maximum atomic E-state index is 10.9. The monoisotopic (exact) mass is 324 g/mol. The van der Waals surface area contributed by atoms with E-state index in [-0.39, 0.29) is 12.2 Å². The van der Waals surface area contributed by atoms with Crippen LogP contribution >= 0.6 is 0 Å². The normalized spacial score (nSPS) is 15.4. The number of rotatable bonds is 6. The molecule has 0 aromatic carbocycles. The molecule has 23 heavy (non-hydrogen) atoms. The smallest absolute Gasteiger partial charge is 0.356 e. The molecule has 0 spiro atoms. The number of aromatic carboxylic acids is 1. The molecule has 8 heteroatoms. The van der Waals surface area contributed by atoms with Crippen molar-refractivity contribution in [1.82, 2.24) is 14.9 Å². The van der Waals surface area contributed by atoms with Gasteiger partial charge in [0.2, 0.25) is 0 Å². The van der Waals surface area contributed by atoms with Gasteiger partial charge in [-0.25, -0.2) is 9.78 Å². The van der Waals surface area contributed by atoms with Gasteiger partial charge in [0.15, 0.2) is 5.69 Å². The average molecular weight is 324 g/mol. The molecule has 128 valence electrons. The molecule has 1 saturated heterocycles. The maximum Gasteiger partial charge on any atom is 0.356 e. The van der Waals surface area contributed by atoms with Gasteiger partial charge in [0, 0.05) is 19.6 Å². The van der Waals surface area contributed by atoms with E-state index >= 15 is 0 Å². The predicted molar refractivity (Wildman–Crippen MR) is 85.8 cm³/mol. The predicted octanol–water partition coefficient (Wildman–Crippen LogP) is 1.19. The fraction of sp³-hybridized carbons (Fsp3) is 0.600. The number of hydrogen-bond donors (Lipinski definition) is 2. The molecule has 0 bridgehead atoms. The average Bonchev–Trinajstić information content (AvgIpc) is 3.07. The van der Waals surface area contributed by atoms with E-state index in [2.05, 4.69) is 21.8 Å². The highest BCUT2D eigenvalue weighted by molar-refractivity contribution is 5.85. The molecule has 1 aliphatic heterocycles. The standard InChI is InChI=1S/C14H22N4O2.CH2O2/c1-11(18-6-3-4-7-18)5-8-17(2)13-10-15-9-12(16-13)14(19)20;2-1-3/h9-11H,3-8H2,1-2H3,(H,19,20);1H,(H,2,3). The Bertz CT molecular complexity index is 506. The summed E-state index contributed by atoms with van der Waals surface area (Å²) in [4.78, 5) is 31.8. The van der Waals surface area contributed by atoms with Crippen molar-refractivity contribution in [3.05, 3.63) is 18.1 Å². The quantitative estimate of drug-likeness (QED) is 0.751. The second-order valence-electron chi connectivity index (χ2n) is 5.48. The summed E-state index contributed by atoms with van der Waals surface area (Å²) < 4.78 is 0. The number of likely N-dealkylation sites (tertiary alicyclic amines) is 1. The van der Waals surface area contributed by atoms with E-state index in [1.165, 1.54) is 32.1 Å². The first-order valence-electron chi connectivity index (χ1n) is 7.58. The van der Waals surface area contributed by atoms with Crippen molar-refractivity contribution in [1.29, 1.82) is 0 Å². The van der Waals surface area contributed by atoms with Crippen LogP contribution in [0.5, 0.6) is 0 Å². The number of nitrogens with zero attached hydrogens (tertiary/aromatic N) is 4. The lowest BCUT2D eigenvalue weighted by Crippen LogP contribution is -2.33. The highest BCUT2D eigenvalue weighted by atomic mass is 16.4. The molecule has 1 aromatic rings. The van der Waals surface area contributed by atoms with Crippen LogP contribution in [0.1, 0.15) is 36.7 Å². The van der Waals surface area contributed by atoms with Crippen LogP contribution in [-0.4, -0.2) is 70.2 Å². The van der Waals surface area contributed by atoms with E-state index in [9.17, 15) is 4.79 Å². The van der Waals surface area contributed by atoms with Gasteiger partial charge in [-0.3, -0.25) is 9.78 Å². The number of hydrogen-bond acceptors (Lipinski definition) is 6. The lowest BCUT2D eigenvalue weighted by Gasteiger charge is -2.26. The lowest BCUT2D eigenvalue weighted by atomic mass is 10.2. The summed E-state index contributed by atoms with van der Waals surface area (Å²) in [5.41, 5.74) is -0.0121. The van der Waals surface area contributed by atoms with E-state index in [1.54, 1.807) is 6.20 Å². The number of carboxylic acid groups (broad SMARTS) is 2. The molecule has 0 amide bonds. The Kier molecular flexibility index (Phi) is 7.96. The minimum Gasteiger partial charge on any atom is -0.483 e. The van der Waals surface area contributed by atoms with Crippen molar-refractivity contribution in [3.63, 3.8) is 0 Å². The van der Waals surface area contributed by atoms with Crippen LogP contribution in [0.3, 0.4) is 0 Å². The summed E-state index contributed by atoms with van der Waals surface area (Å²) in [6, 6.07) is 0.551. The summed E-state index contributed by atoms with van der Waals surface area (Å²) in [5, 5.41) is 15.8. The Morgan fingerprint density at radius 2 is 2.04 bits per heavy atom. The van der Waals surface area contributed by atoms with Gasteiger partial charge in [0.1, 0.15) is 5.82 Å². The van der Waals surface area contributed by atoms with E-state index < -0.39 is 5.97 Å². The highest BCUT2D eigenvalue weighted by Crippen LogP contribution is 2.15. The first-order valence-corrected chi connectivity index (χ1v) is 7.58. The first-order chi connectivity index (χ1) is 11.0. The third-order valence-corrected chi connectivity index (χ3v) is 3.88. The Morgan fingerprint density at radius 1 is 1.43 bits per heavy atom. The number of carboxylic acids is 1. The SMILES string of the molecule is CC(CCN(C)c1cncc(C(=O)O)n1)N1CCCC1.O=CO. The summed E-state index contributed by atoms with van der Waals surface area (Å²) >= 11 is 0. The van der Waals surface area contributed by atoms with Gasteiger partial charge < -0.3 is 20.0 Å². The zero-order valence-corrected chi connectivity index (χ0v) is 13.6. The summed E-state index contributed by atoms with van der Waals surface area (Å²) in [6.07, 6.45) is 6.51. The zero-order chi connectivity index (χ0) is 17.2. The molecule has 2 rings (SSSR count). The summed E-state index contributed by atoms with van der Waals surface area (Å²) in [6.45, 7) is 5.23. The minimum atomic E-state index is -1.04. The molecule has 8 nitrogen and oxygen atoms in total. The number of carbonyl (C=O) groups is 2. The van der Waals surface area contributed by atoms with Gasteiger partial charge in [-0.1, -0.05) is 0 Å². The first kappa shape index (κ1) is 18.8.